The summed E-state index contributed by atoms with van der Waals surface area (Å²) in [5.41, 5.74) is 2.29. The van der Waals surface area contributed by atoms with Crippen molar-refractivity contribution < 1.29 is 19.7 Å². The number of likely N-dealkylation sites (N-methyl/N-ethyl adjacent to an activating group) is 1. The fourth-order valence-electron chi connectivity index (χ4n) is 3.88. The van der Waals surface area contributed by atoms with E-state index in [-0.39, 0.29) is 5.92 Å². The van der Waals surface area contributed by atoms with E-state index in [0.717, 1.165) is 54.6 Å². The van der Waals surface area contributed by atoms with Crippen molar-refractivity contribution in [1.29, 1.82) is 0 Å². The van der Waals surface area contributed by atoms with Gasteiger partial charge in [-0.2, -0.15) is 0 Å². The third kappa shape index (κ3) is 3.32. The zero-order chi connectivity index (χ0) is 18.9. The molecule has 0 aliphatic carbocycles. The summed E-state index contributed by atoms with van der Waals surface area (Å²) < 4.78 is 6.25. The highest BCUT2D eigenvalue weighted by atomic mass is 16.5. The Morgan fingerprint density at radius 2 is 1.92 bits per heavy atom. The van der Waals surface area contributed by atoms with Gasteiger partial charge in [0, 0.05) is 37.1 Å². The van der Waals surface area contributed by atoms with E-state index in [9.17, 15) is 5.11 Å². The number of carboxylic acids is 1. The quantitative estimate of drug-likeness (QED) is 0.757. The van der Waals surface area contributed by atoms with Crippen LogP contribution in [0.4, 0.5) is 0 Å². The molecular weight excluding hydrogens is 330 g/mol. The number of carboxylic acid groups (broad SMARTS) is 1. The van der Waals surface area contributed by atoms with Crippen molar-refractivity contribution in [3.63, 3.8) is 0 Å². The van der Waals surface area contributed by atoms with Crippen LogP contribution in [-0.2, 0) is 10.4 Å². The van der Waals surface area contributed by atoms with Gasteiger partial charge in [0.25, 0.3) is 5.97 Å². The number of hydrogen-bond acceptors (Lipinski definition) is 4. The fraction of sp³-hybridized carbons (Fsp3) is 0.381. The fourth-order valence-corrected chi connectivity index (χ4v) is 3.88. The zero-order valence-electron chi connectivity index (χ0n) is 15.4. The summed E-state index contributed by atoms with van der Waals surface area (Å²) in [4.78, 5) is 11.3. The lowest BCUT2D eigenvalue weighted by atomic mass is 9.72. The lowest BCUT2D eigenvalue weighted by Gasteiger charge is -2.43. The maximum absolute atomic E-state index is 11.6. The summed E-state index contributed by atoms with van der Waals surface area (Å²) in [6.07, 6.45) is 0.724. The van der Waals surface area contributed by atoms with Crippen molar-refractivity contribution in [2.24, 2.45) is 0 Å². The Labute approximate surface area is 153 Å². The van der Waals surface area contributed by atoms with E-state index in [1.807, 2.05) is 24.3 Å². The second-order valence-electron chi connectivity index (χ2n) is 7.10. The zero-order valence-corrected chi connectivity index (χ0v) is 15.4. The minimum Gasteiger partial charge on any atom is -0.481 e. The minimum absolute atomic E-state index is 0.0322. The molecule has 5 nitrogen and oxygen atoms in total. The van der Waals surface area contributed by atoms with E-state index in [0.29, 0.717) is 0 Å². The Kier molecular flexibility index (Phi) is 5.03. The summed E-state index contributed by atoms with van der Waals surface area (Å²) in [7, 11) is 2.12. The van der Waals surface area contributed by atoms with E-state index in [1.54, 1.807) is 0 Å². The van der Waals surface area contributed by atoms with E-state index < -0.39 is 11.6 Å². The Bertz CT molecular complexity index is 815. The predicted octanol–water partition coefficient (Wildman–Crippen LogP) is 3.50. The van der Waals surface area contributed by atoms with Gasteiger partial charge in [0.1, 0.15) is 17.1 Å². The molecule has 2 aromatic rings. The second-order valence-corrected chi connectivity index (χ2v) is 7.10. The molecular formula is C21H25NO4. The molecule has 0 bridgehead atoms. The number of ether oxygens (including phenoxy) is 1. The highest BCUT2D eigenvalue weighted by Crippen LogP contribution is 2.52. The van der Waals surface area contributed by atoms with Gasteiger partial charge in [-0.25, -0.2) is 0 Å². The summed E-state index contributed by atoms with van der Waals surface area (Å²) >= 11 is 0. The number of aliphatic hydroxyl groups is 1. The highest BCUT2D eigenvalue weighted by molar-refractivity contribution is 5.63. The van der Waals surface area contributed by atoms with Crippen LogP contribution in [0.1, 0.15) is 36.0 Å². The Morgan fingerprint density at radius 1 is 1.23 bits per heavy atom. The van der Waals surface area contributed by atoms with Crippen molar-refractivity contribution >= 4 is 5.97 Å². The highest BCUT2D eigenvalue weighted by Gasteiger charge is 2.47. The van der Waals surface area contributed by atoms with Gasteiger partial charge in [-0.15, -0.1) is 0 Å². The third-order valence-electron chi connectivity index (χ3n) is 5.13. The van der Waals surface area contributed by atoms with Crippen LogP contribution in [0.15, 0.2) is 42.5 Å². The van der Waals surface area contributed by atoms with Crippen LogP contribution >= 0.6 is 0 Å². The molecule has 0 amide bonds. The topological polar surface area (TPSA) is 70.0 Å². The largest absolute Gasteiger partial charge is 0.481 e. The molecule has 0 spiro atoms. The van der Waals surface area contributed by atoms with Gasteiger partial charge < -0.3 is 19.8 Å². The second kappa shape index (κ2) is 7.09. The first-order chi connectivity index (χ1) is 12.3. The number of aryl methyl sites for hydroxylation is 1. The number of rotatable bonds is 0. The molecule has 0 radical (unpaired) electrons. The standard InChI is InChI=1S/C19H21NO2.C2H4O2/c1-13-6-5-7-14-16-12-20(2)11-10-19(16,21)15-8-3-4-9-17(15)22-18(13)14;1-2(3)4/h3-9,16,21H,10-12H2,1-2H3;1H3,(H,3,4)/t16-,19-;/m1./s1. The number of piperidine rings is 1. The molecule has 4 rings (SSSR count). The van der Waals surface area contributed by atoms with Crippen LogP contribution in [0.2, 0.25) is 0 Å². The number of hydrogen-bond donors (Lipinski definition) is 2. The van der Waals surface area contributed by atoms with Crippen LogP contribution in [-0.4, -0.2) is 41.2 Å². The van der Waals surface area contributed by atoms with Crippen molar-refractivity contribution in [2.75, 3.05) is 20.1 Å². The normalized spacial score (nSPS) is 23.9. The molecule has 1 fully saturated rings. The molecule has 2 heterocycles. The number of aliphatic carboxylic acids is 1. The first kappa shape index (κ1) is 18.4. The third-order valence-corrected chi connectivity index (χ3v) is 5.13. The molecule has 0 unspecified atom stereocenters. The van der Waals surface area contributed by atoms with E-state index in [2.05, 4.69) is 37.1 Å². The molecule has 2 aromatic carbocycles. The van der Waals surface area contributed by atoms with Crippen molar-refractivity contribution in [1.82, 2.24) is 4.90 Å². The lowest BCUT2D eigenvalue weighted by Crippen LogP contribution is -2.46. The maximum Gasteiger partial charge on any atom is 0.300 e. The first-order valence-corrected chi connectivity index (χ1v) is 8.80. The van der Waals surface area contributed by atoms with Gasteiger partial charge >= 0.3 is 0 Å². The van der Waals surface area contributed by atoms with E-state index in [4.69, 9.17) is 14.6 Å². The predicted molar refractivity (Wildman–Crippen MR) is 99.8 cm³/mol. The summed E-state index contributed by atoms with van der Waals surface area (Å²) in [5, 5.41) is 19.0. The number of likely N-dealkylation sites (tertiary alicyclic amines) is 1. The molecule has 2 aliphatic rings. The monoisotopic (exact) mass is 355 g/mol. The van der Waals surface area contributed by atoms with Gasteiger partial charge in [-0.1, -0.05) is 36.4 Å². The molecule has 2 aliphatic heterocycles. The average molecular weight is 355 g/mol. The Morgan fingerprint density at radius 3 is 2.65 bits per heavy atom. The Balaban J connectivity index is 0.000000447. The van der Waals surface area contributed by atoms with E-state index in [1.165, 1.54) is 0 Å². The molecule has 138 valence electrons. The first-order valence-electron chi connectivity index (χ1n) is 8.80. The van der Waals surface area contributed by atoms with Crippen LogP contribution < -0.4 is 4.74 Å². The summed E-state index contributed by atoms with van der Waals surface area (Å²) in [5.74, 6) is 0.892. The van der Waals surface area contributed by atoms with Crippen molar-refractivity contribution in [2.45, 2.75) is 31.8 Å². The smallest absolute Gasteiger partial charge is 0.300 e. The van der Waals surface area contributed by atoms with Gasteiger partial charge in [0.05, 0.1) is 0 Å². The van der Waals surface area contributed by atoms with Crippen LogP contribution in [0.3, 0.4) is 0 Å². The van der Waals surface area contributed by atoms with Gasteiger partial charge in [-0.3, -0.25) is 4.79 Å². The van der Waals surface area contributed by atoms with Crippen LogP contribution in [0.5, 0.6) is 11.5 Å². The van der Waals surface area contributed by atoms with Crippen LogP contribution in [0, 0.1) is 6.92 Å². The Hall–Kier alpha value is -2.37. The number of nitrogens with zero attached hydrogens (tertiary/aromatic N) is 1. The van der Waals surface area contributed by atoms with Gasteiger partial charge in [0.2, 0.25) is 0 Å². The molecule has 2 atom stereocenters. The number of carbonyl (C=O) groups is 1. The molecule has 2 N–H and O–H groups in total. The maximum atomic E-state index is 11.6. The van der Waals surface area contributed by atoms with Crippen molar-refractivity contribution in [3.8, 4) is 11.5 Å². The van der Waals surface area contributed by atoms with Gasteiger partial charge in [-0.05, 0) is 32.0 Å². The van der Waals surface area contributed by atoms with Gasteiger partial charge in [0.15, 0.2) is 0 Å². The van der Waals surface area contributed by atoms with Crippen LogP contribution in [0.25, 0.3) is 0 Å². The molecule has 0 aromatic heterocycles. The lowest BCUT2D eigenvalue weighted by molar-refractivity contribution is -0.134. The molecule has 1 saturated heterocycles. The SMILES string of the molecule is CC(=O)O.Cc1cccc2c1Oc1ccccc1[C@]1(O)CCN(C)C[C@H]21. The number of para-hydroxylation sites is 2. The average Bonchev–Trinajstić information content (AvgIpc) is 2.69. The van der Waals surface area contributed by atoms with E-state index >= 15 is 0 Å². The number of fused-ring (bicyclic) bond motifs is 5. The molecule has 5 heteroatoms. The molecule has 0 saturated carbocycles. The van der Waals surface area contributed by atoms with Crippen molar-refractivity contribution in [3.05, 3.63) is 59.2 Å². The summed E-state index contributed by atoms with van der Waals surface area (Å²) in [6, 6.07) is 14.1. The molecule has 26 heavy (non-hydrogen) atoms. The minimum atomic E-state index is -0.859. The number of benzene rings is 2. The summed E-state index contributed by atoms with van der Waals surface area (Å²) in [6.45, 7) is 4.88.